The van der Waals surface area contributed by atoms with Crippen molar-refractivity contribution >= 4 is 38.3 Å². The van der Waals surface area contributed by atoms with E-state index < -0.39 is 9.84 Å². The number of fused-ring (bicyclic) bond motifs is 1. The number of carbonyl (C=O) groups is 1. The number of carbonyl (C=O) groups excluding carboxylic acids is 1. The van der Waals surface area contributed by atoms with Gasteiger partial charge in [-0.25, -0.2) is 23.2 Å². The second-order valence-corrected chi connectivity index (χ2v) is 10.0. The lowest BCUT2D eigenvalue weighted by Crippen LogP contribution is -2.53. The second-order valence-electron chi connectivity index (χ2n) is 7.82. The Hall–Kier alpha value is -2.62. The van der Waals surface area contributed by atoms with E-state index in [1.165, 1.54) is 0 Å². The first-order valence-electron chi connectivity index (χ1n) is 9.75. The van der Waals surface area contributed by atoms with Crippen molar-refractivity contribution in [2.45, 2.75) is 12.5 Å². The molecule has 2 aliphatic heterocycles. The van der Waals surface area contributed by atoms with Crippen LogP contribution in [-0.2, 0) is 9.84 Å². The van der Waals surface area contributed by atoms with Gasteiger partial charge in [0.2, 0.25) is 0 Å². The number of piperazine rings is 1. The number of benzene rings is 1. The maximum absolute atomic E-state index is 12.5. The number of sulfone groups is 1. The highest BCUT2D eigenvalue weighted by Gasteiger charge is 2.31. The molecular weight excluding hydrogens is 392 g/mol. The quantitative estimate of drug-likeness (QED) is 0.784. The molecule has 2 aliphatic rings. The largest absolute Gasteiger partial charge is 0.368 e. The topological polar surface area (TPSA) is 98.7 Å². The van der Waals surface area contributed by atoms with E-state index in [1.54, 1.807) is 11.2 Å². The molecule has 1 aromatic heterocycles. The summed E-state index contributed by atoms with van der Waals surface area (Å²) in [5.74, 6) is 1.08. The molecule has 9 nitrogen and oxygen atoms in total. The third-order valence-corrected chi connectivity index (χ3v) is 7.28. The molecule has 0 aliphatic carbocycles. The normalized spacial score (nSPS) is 21.4. The van der Waals surface area contributed by atoms with Crippen LogP contribution in [0.3, 0.4) is 0 Å². The van der Waals surface area contributed by atoms with Crippen LogP contribution >= 0.6 is 0 Å². The lowest BCUT2D eigenvalue weighted by atomic mass is 10.1. The highest BCUT2D eigenvalue weighted by atomic mass is 32.2. The zero-order valence-corrected chi connectivity index (χ0v) is 17.5. The predicted molar refractivity (Wildman–Crippen MR) is 113 cm³/mol. The van der Waals surface area contributed by atoms with Crippen LogP contribution in [0.15, 0.2) is 24.5 Å². The Bertz CT molecular complexity index is 1020. The van der Waals surface area contributed by atoms with Gasteiger partial charge in [-0.2, -0.15) is 0 Å². The van der Waals surface area contributed by atoms with E-state index >= 15 is 0 Å². The van der Waals surface area contributed by atoms with E-state index in [1.807, 2.05) is 31.1 Å². The summed E-state index contributed by atoms with van der Waals surface area (Å²) >= 11 is 0. The van der Waals surface area contributed by atoms with Crippen LogP contribution in [0.4, 0.5) is 16.3 Å². The van der Waals surface area contributed by atoms with E-state index in [0.717, 1.165) is 22.4 Å². The lowest BCUT2D eigenvalue weighted by molar-refractivity contribution is 0.191. The van der Waals surface area contributed by atoms with Crippen molar-refractivity contribution in [3.63, 3.8) is 0 Å². The molecule has 1 N–H and O–H groups in total. The zero-order valence-electron chi connectivity index (χ0n) is 16.7. The van der Waals surface area contributed by atoms with E-state index in [-0.39, 0.29) is 23.6 Å². The lowest BCUT2D eigenvalue weighted by Gasteiger charge is -2.36. The van der Waals surface area contributed by atoms with E-state index in [9.17, 15) is 13.2 Å². The Kier molecular flexibility index (Phi) is 5.20. The van der Waals surface area contributed by atoms with Gasteiger partial charge in [-0.05, 0) is 24.6 Å². The fraction of sp³-hybridized carbons (Fsp3) is 0.526. The monoisotopic (exact) mass is 418 g/mol. The molecule has 1 unspecified atom stereocenters. The van der Waals surface area contributed by atoms with Crippen LogP contribution in [0.1, 0.15) is 6.42 Å². The van der Waals surface area contributed by atoms with Gasteiger partial charge >= 0.3 is 6.03 Å². The van der Waals surface area contributed by atoms with Crippen LogP contribution < -0.4 is 15.1 Å². The van der Waals surface area contributed by atoms with Gasteiger partial charge in [0.1, 0.15) is 12.1 Å². The van der Waals surface area contributed by atoms with E-state index in [4.69, 9.17) is 0 Å². The maximum Gasteiger partial charge on any atom is 0.317 e. The molecule has 1 atom stereocenters. The Morgan fingerprint density at radius 1 is 1.17 bits per heavy atom. The van der Waals surface area contributed by atoms with Crippen molar-refractivity contribution in [2.24, 2.45) is 0 Å². The number of urea groups is 1. The number of hydrogen-bond donors (Lipinski definition) is 1. The molecular formula is C19H26N6O3S. The molecule has 2 saturated heterocycles. The van der Waals surface area contributed by atoms with Crippen LogP contribution in [0.5, 0.6) is 0 Å². The summed E-state index contributed by atoms with van der Waals surface area (Å²) in [4.78, 5) is 27.2. The summed E-state index contributed by atoms with van der Waals surface area (Å²) in [5, 5.41) is 3.87. The highest BCUT2D eigenvalue weighted by molar-refractivity contribution is 7.91. The number of nitrogens with zero attached hydrogens (tertiary/aromatic N) is 5. The van der Waals surface area contributed by atoms with Gasteiger partial charge in [0.25, 0.3) is 0 Å². The summed E-state index contributed by atoms with van der Waals surface area (Å²) in [7, 11) is 0.920. The fourth-order valence-corrected chi connectivity index (χ4v) is 5.60. The summed E-state index contributed by atoms with van der Waals surface area (Å²) in [6, 6.07) is 5.71. The molecule has 0 radical (unpaired) electrons. The molecule has 156 valence electrons. The number of aromatic nitrogens is 2. The summed E-state index contributed by atoms with van der Waals surface area (Å²) in [6.45, 7) is 2.62. The van der Waals surface area contributed by atoms with Crippen molar-refractivity contribution < 1.29 is 13.2 Å². The van der Waals surface area contributed by atoms with Crippen molar-refractivity contribution in [1.82, 2.24) is 20.2 Å². The van der Waals surface area contributed by atoms with Gasteiger partial charge in [-0.15, -0.1) is 0 Å². The third-order valence-electron chi connectivity index (χ3n) is 5.51. The molecule has 10 heteroatoms. The number of anilines is 2. The van der Waals surface area contributed by atoms with Gasteiger partial charge in [-0.3, -0.25) is 0 Å². The Morgan fingerprint density at radius 3 is 2.59 bits per heavy atom. The zero-order chi connectivity index (χ0) is 20.6. The fourth-order valence-electron chi connectivity index (χ4n) is 3.93. The van der Waals surface area contributed by atoms with Crippen LogP contribution in [0.25, 0.3) is 10.9 Å². The average molecular weight is 419 g/mol. The molecule has 0 spiro atoms. The first kappa shape index (κ1) is 19.7. The SMILES string of the molecule is CN(C)c1ncnc2ccc(N3CCN(C(=O)NC4CCS(=O)(=O)C4)CC3)cc12. The van der Waals surface area contributed by atoms with E-state index in [0.29, 0.717) is 32.6 Å². The van der Waals surface area contributed by atoms with Crippen molar-refractivity contribution in [1.29, 1.82) is 0 Å². The van der Waals surface area contributed by atoms with Gasteiger partial charge < -0.3 is 20.0 Å². The van der Waals surface area contributed by atoms with Crippen LogP contribution in [-0.4, -0.2) is 87.1 Å². The van der Waals surface area contributed by atoms with Crippen LogP contribution in [0.2, 0.25) is 0 Å². The summed E-state index contributed by atoms with van der Waals surface area (Å²) < 4.78 is 23.1. The number of hydrogen-bond acceptors (Lipinski definition) is 7. The minimum Gasteiger partial charge on any atom is -0.368 e. The maximum atomic E-state index is 12.5. The summed E-state index contributed by atoms with van der Waals surface area (Å²) in [5.41, 5.74) is 1.98. The van der Waals surface area contributed by atoms with Crippen LogP contribution in [0, 0.1) is 0 Å². The molecule has 4 rings (SSSR count). The van der Waals surface area contributed by atoms with Crippen molar-refractivity contribution in [3.8, 4) is 0 Å². The average Bonchev–Trinajstić information content (AvgIpc) is 3.05. The minimum absolute atomic E-state index is 0.0477. The Balaban J connectivity index is 1.40. The van der Waals surface area contributed by atoms with Gasteiger partial charge in [0.15, 0.2) is 9.84 Å². The molecule has 0 saturated carbocycles. The first-order chi connectivity index (χ1) is 13.8. The Morgan fingerprint density at radius 2 is 1.93 bits per heavy atom. The van der Waals surface area contributed by atoms with Gasteiger partial charge in [0, 0.05) is 57.4 Å². The molecule has 2 fully saturated rings. The van der Waals surface area contributed by atoms with Gasteiger partial charge in [-0.1, -0.05) is 0 Å². The molecule has 2 aromatic rings. The standard InChI is InChI=1S/C19H26N6O3S/c1-23(2)18-16-11-15(3-4-17(16)20-13-21-18)24-6-8-25(9-7-24)19(26)22-14-5-10-29(27,28)12-14/h3-4,11,13-14H,5-10,12H2,1-2H3,(H,22,26). The Labute approximate surface area is 170 Å². The van der Waals surface area contributed by atoms with Gasteiger partial charge in [0.05, 0.1) is 17.0 Å². The highest BCUT2D eigenvalue weighted by Crippen LogP contribution is 2.27. The second kappa shape index (κ2) is 7.66. The first-order valence-corrected chi connectivity index (χ1v) is 11.6. The smallest absolute Gasteiger partial charge is 0.317 e. The number of amides is 2. The molecule has 29 heavy (non-hydrogen) atoms. The predicted octanol–water partition coefficient (Wildman–Crippen LogP) is 0.715. The molecule has 3 heterocycles. The van der Waals surface area contributed by atoms with Crippen molar-refractivity contribution in [2.75, 3.05) is 61.6 Å². The number of nitrogens with one attached hydrogen (secondary N) is 1. The summed E-state index contributed by atoms with van der Waals surface area (Å²) in [6.07, 6.45) is 2.08. The van der Waals surface area contributed by atoms with E-state index in [2.05, 4.69) is 26.3 Å². The number of rotatable bonds is 3. The third kappa shape index (κ3) is 4.21. The molecule has 0 bridgehead atoms. The van der Waals surface area contributed by atoms with Crippen molar-refractivity contribution in [3.05, 3.63) is 24.5 Å². The minimum atomic E-state index is -3.00. The molecule has 1 aromatic carbocycles. The molecule has 2 amide bonds.